The van der Waals surface area contributed by atoms with Gasteiger partial charge in [-0.2, -0.15) is 0 Å². The van der Waals surface area contributed by atoms with Crippen molar-refractivity contribution in [1.29, 1.82) is 0 Å². The third-order valence-corrected chi connectivity index (χ3v) is 5.59. The molecule has 0 fully saturated rings. The molecule has 0 amide bonds. The zero-order chi connectivity index (χ0) is 23.0. The number of rotatable bonds is 4. The zero-order valence-corrected chi connectivity index (χ0v) is 18.4. The summed E-state index contributed by atoms with van der Waals surface area (Å²) in [5.74, 6) is -2.52. The maximum Gasteiger partial charge on any atom is 0.355 e. The van der Waals surface area contributed by atoms with Crippen molar-refractivity contribution < 1.29 is 18.3 Å². The Morgan fingerprint density at radius 1 is 1.06 bits per heavy atom. The maximum atomic E-state index is 13.9. The number of aromatic amines is 1. The van der Waals surface area contributed by atoms with Crippen LogP contribution in [0.4, 0.5) is 8.78 Å². The second-order valence-corrected chi connectivity index (χ2v) is 9.15. The number of aromatic nitrogens is 2. The van der Waals surface area contributed by atoms with E-state index in [0.29, 0.717) is 22.4 Å². The summed E-state index contributed by atoms with van der Waals surface area (Å²) >= 11 is 1.21. The molecule has 1 unspecified atom stereocenters. The lowest BCUT2D eigenvalue weighted by Gasteiger charge is -2.20. The van der Waals surface area contributed by atoms with Crippen molar-refractivity contribution in [1.82, 2.24) is 15.1 Å². The second-order valence-electron chi connectivity index (χ2n) is 8.20. The molecular weight excluding hydrogens is 436 g/mol. The number of ether oxygens (including phenoxy) is 1. The molecular formula is C23H21F2N3O3S. The normalized spacial score (nSPS) is 15.9. The first kappa shape index (κ1) is 21.9. The fourth-order valence-electron chi connectivity index (χ4n) is 3.25. The summed E-state index contributed by atoms with van der Waals surface area (Å²) in [5.41, 5.74) is 0.139. The van der Waals surface area contributed by atoms with E-state index >= 15 is 0 Å². The van der Waals surface area contributed by atoms with Crippen LogP contribution in [0.25, 0.3) is 22.4 Å². The van der Waals surface area contributed by atoms with Gasteiger partial charge in [0.2, 0.25) is 0 Å². The molecule has 1 atom stereocenters. The molecule has 166 valence electrons. The van der Waals surface area contributed by atoms with Gasteiger partial charge in [0, 0.05) is 11.0 Å². The van der Waals surface area contributed by atoms with Crippen molar-refractivity contribution in [2.75, 3.05) is 0 Å². The van der Waals surface area contributed by atoms with E-state index in [1.807, 2.05) is 6.07 Å². The second kappa shape index (κ2) is 8.31. The molecule has 0 radical (unpaired) electrons. The quantitative estimate of drug-likeness (QED) is 0.553. The number of carbonyl (C=O) groups is 1. The van der Waals surface area contributed by atoms with Gasteiger partial charge in [-0.05, 0) is 44.5 Å². The standard InChI is InChI=1S/C23H21F2N3O3S/c1-23(2,3)31-21(30)17-12-32-22(26-17)28-20(29)18(13-7-5-4-6-8-13)19(27-28)14-9-10-15(24)16(25)11-14/h4-12,22,26-27H,1-3H3. The fourth-order valence-corrected chi connectivity index (χ4v) is 4.15. The van der Waals surface area contributed by atoms with Crippen LogP contribution in [0.5, 0.6) is 0 Å². The number of nitrogens with one attached hydrogen (secondary N) is 2. The molecule has 0 saturated carbocycles. The molecule has 9 heteroatoms. The summed E-state index contributed by atoms with van der Waals surface area (Å²) in [7, 11) is 0. The highest BCUT2D eigenvalue weighted by Gasteiger charge is 2.30. The minimum absolute atomic E-state index is 0.229. The SMILES string of the molecule is CC(C)(C)OC(=O)C1=CSC(n2[nH]c(-c3ccc(F)c(F)c3)c(-c3ccccc3)c2=O)N1. The fraction of sp³-hybridized carbons (Fsp3) is 0.217. The molecule has 0 bridgehead atoms. The Morgan fingerprint density at radius 3 is 2.44 bits per heavy atom. The van der Waals surface area contributed by atoms with Crippen LogP contribution in [0.1, 0.15) is 26.3 Å². The number of hydrogen-bond acceptors (Lipinski definition) is 5. The molecule has 0 aliphatic carbocycles. The van der Waals surface area contributed by atoms with E-state index in [9.17, 15) is 18.4 Å². The van der Waals surface area contributed by atoms with Gasteiger partial charge < -0.3 is 10.1 Å². The first-order chi connectivity index (χ1) is 15.1. The summed E-state index contributed by atoms with van der Waals surface area (Å²) in [6, 6.07) is 12.4. The van der Waals surface area contributed by atoms with Gasteiger partial charge in [0.1, 0.15) is 11.3 Å². The van der Waals surface area contributed by atoms with Crippen LogP contribution in [0.3, 0.4) is 0 Å². The van der Waals surface area contributed by atoms with Crippen molar-refractivity contribution in [3.8, 4) is 22.4 Å². The molecule has 0 saturated heterocycles. The van der Waals surface area contributed by atoms with E-state index in [2.05, 4.69) is 10.4 Å². The first-order valence-electron chi connectivity index (χ1n) is 9.85. The summed E-state index contributed by atoms with van der Waals surface area (Å²) in [5, 5.41) is 7.58. The number of carbonyl (C=O) groups excluding carboxylic acids is 1. The molecule has 6 nitrogen and oxygen atoms in total. The summed E-state index contributed by atoms with van der Waals surface area (Å²) in [6.45, 7) is 5.29. The Balaban J connectivity index is 1.74. The number of nitrogens with zero attached hydrogens (tertiary/aromatic N) is 1. The Labute approximate surface area is 187 Å². The molecule has 2 N–H and O–H groups in total. The zero-order valence-electron chi connectivity index (χ0n) is 17.6. The van der Waals surface area contributed by atoms with Crippen LogP contribution in [0, 0.1) is 11.6 Å². The van der Waals surface area contributed by atoms with Crippen molar-refractivity contribution in [3.05, 3.63) is 81.6 Å². The van der Waals surface area contributed by atoms with Crippen molar-refractivity contribution in [2.45, 2.75) is 31.9 Å². The van der Waals surface area contributed by atoms with E-state index in [-0.39, 0.29) is 11.3 Å². The highest BCUT2D eigenvalue weighted by molar-refractivity contribution is 8.02. The summed E-state index contributed by atoms with van der Waals surface area (Å²) in [4.78, 5) is 25.7. The minimum atomic E-state index is -1.02. The number of benzene rings is 2. The number of hydrogen-bond donors (Lipinski definition) is 2. The Kier molecular flexibility index (Phi) is 5.68. The number of thioether (sulfide) groups is 1. The maximum absolute atomic E-state index is 13.9. The Bertz CT molecular complexity index is 1260. The van der Waals surface area contributed by atoms with Crippen LogP contribution >= 0.6 is 11.8 Å². The molecule has 0 spiro atoms. The summed E-state index contributed by atoms with van der Waals surface area (Å²) < 4.78 is 34.1. The molecule has 1 aromatic heterocycles. The molecule has 2 aromatic carbocycles. The third kappa shape index (κ3) is 4.34. The van der Waals surface area contributed by atoms with E-state index in [4.69, 9.17) is 4.74 Å². The predicted molar refractivity (Wildman–Crippen MR) is 120 cm³/mol. The van der Waals surface area contributed by atoms with Gasteiger partial charge in [0.25, 0.3) is 5.56 Å². The van der Waals surface area contributed by atoms with E-state index in [0.717, 1.165) is 12.1 Å². The smallest absolute Gasteiger partial charge is 0.355 e. The molecule has 3 aromatic rings. The lowest BCUT2D eigenvalue weighted by molar-refractivity contribution is -0.150. The highest BCUT2D eigenvalue weighted by Crippen LogP contribution is 2.34. The van der Waals surface area contributed by atoms with Gasteiger partial charge in [0.15, 0.2) is 17.1 Å². The monoisotopic (exact) mass is 457 g/mol. The van der Waals surface area contributed by atoms with Crippen LogP contribution in [-0.2, 0) is 9.53 Å². The number of H-pyrrole nitrogens is 1. The lowest BCUT2D eigenvalue weighted by Crippen LogP contribution is -2.33. The van der Waals surface area contributed by atoms with Crippen molar-refractivity contribution in [3.63, 3.8) is 0 Å². The largest absolute Gasteiger partial charge is 0.455 e. The van der Waals surface area contributed by atoms with E-state index < -0.39 is 28.7 Å². The molecule has 1 aliphatic heterocycles. The first-order valence-corrected chi connectivity index (χ1v) is 10.8. The summed E-state index contributed by atoms with van der Waals surface area (Å²) in [6.07, 6.45) is 0. The molecule has 32 heavy (non-hydrogen) atoms. The van der Waals surface area contributed by atoms with Gasteiger partial charge >= 0.3 is 5.97 Å². The molecule has 4 rings (SSSR count). The number of esters is 1. The van der Waals surface area contributed by atoms with Gasteiger partial charge in [0.05, 0.1) is 11.3 Å². The predicted octanol–water partition coefficient (Wildman–Crippen LogP) is 4.76. The van der Waals surface area contributed by atoms with E-state index in [1.165, 1.54) is 22.5 Å². The van der Waals surface area contributed by atoms with E-state index in [1.54, 1.807) is 50.4 Å². The van der Waals surface area contributed by atoms with Gasteiger partial charge in [-0.1, -0.05) is 42.1 Å². The lowest BCUT2D eigenvalue weighted by atomic mass is 10.0. The third-order valence-electron chi connectivity index (χ3n) is 4.63. The average molecular weight is 458 g/mol. The van der Waals surface area contributed by atoms with Crippen molar-refractivity contribution >= 4 is 17.7 Å². The minimum Gasteiger partial charge on any atom is -0.455 e. The van der Waals surface area contributed by atoms with Crippen LogP contribution < -0.4 is 10.9 Å². The van der Waals surface area contributed by atoms with Crippen LogP contribution in [0.15, 0.2) is 64.4 Å². The number of halogens is 2. The molecule has 2 heterocycles. The van der Waals surface area contributed by atoms with Gasteiger partial charge in [-0.15, -0.1) is 0 Å². The van der Waals surface area contributed by atoms with Gasteiger partial charge in [-0.3, -0.25) is 9.89 Å². The van der Waals surface area contributed by atoms with Crippen molar-refractivity contribution in [2.24, 2.45) is 0 Å². The average Bonchev–Trinajstić information content (AvgIpc) is 3.34. The van der Waals surface area contributed by atoms with Gasteiger partial charge in [-0.25, -0.2) is 18.3 Å². The topological polar surface area (TPSA) is 76.1 Å². The Hall–Kier alpha value is -3.33. The molecule has 1 aliphatic rings. The Morgan fingerprint density at radius 2 is 1.78 bits per heavy atom. The highest BCUT2D eigenvalue weighted by atomic mass is 32.2. The van der Waals surface area contributed by atoms with Crippen LogP contribution in [-0.4, -0.2) is 21.4 Å². The van der Waals surface area contributed by atoms with Crippen LogP contribution in [0.2, 0.25) is 0 Å².